The molecule has 31 heavy (non-hydrogen) atoms. The van der Waals surface area contributed by atoms with Crippen molar-refractivity contribution in [2.45, 2.75) is 24.2 Å². The Morgan fingerprint density at radius 1 is 0.968 bits per heavy atom. The maximum atomic E-state index is 13.3. The number of rotatable bonds is 5. The van der Waals surface area contributed by atoms with Crippen LogP contribution in [0, 0.1) is 5.82 Å². The average Bonchev–Trinajstić information content (AvgIpc) is 2.75. The molecule has 0 amide bonds. The van der Waals surface area contributed by atoms with Crippen molar-refractivity contribution >= 4 is 44.7 Å². The van der Waals surface area contributed by atoms with Crippen LogP contribution < -0.4 is 4.31 Å². The zero-order chi connectivity index (χ0) is 22.2. The Bertz CT molecular complexity index is 1260. The highest BCUT2D eigenvalue weighted by Gasteiger charge is 2.29. The third-order valence-electron chi connectivity index (χ3n) is 5.23. The van der Waals surface area contributed by atoms with Gasteiger partial charge in [-0.25, -0.2) is 12.8 Å². The second kappa shape index (κ2) is 8.61. The Balaban J connectivity index is 1.65. The van der Waals surface area contributed by atoms with E-state index in [2.05, 4.69) is 0 Å². The summed E-state index contributed by atoms with van der Waals surface area (Å²) >= 11 is 11.9. The number of Topliss-reactive ketones (excluding diaryl/α,β-unsaturated/α-hetero) is 1. The lowest BCUT2D eigenvalue weighted by Gasteiger charge is -2.31. The first kappa shape index (κ1) is 21.8. The average molecular weight is 478 g/mol. The van der Waals surface area contributed by atoms with Crippen molar-refractivity contribution in [3.63, 3.8) is 0 Å². The summed E-state index contributed by atoms with van der Waals surface area (Å²) in [5.74, 6) is -0.650. The molecule has 0 saturated carbocycles. The van der Waals surface area contributed by atoms with Crippen molar-refractivity contribution in [2.24, 2.45) is 0 Å². The van der Waals surface area contributed by atoms with Crippen LogP contribution in [0.5, 0.6) is 0 Å². The minimum Gasteiger partial charge on any atom is -0.294 e. The van der Waals surface area contributed by atoms with Gasteiger partial charge in [0.2, 0.25) is 0 Å². The van der Waals surface area contributed by atoms with Crippen molar-refractivity contribution in [1.82, 2.24) is 0 Å². The second-order valence-corrected chi connectivity index (χ2v) is 10.0. The van der Waals surface area contributed by atoms with Gasteiger partial charge < -0.3 is 0 Å². The highest BCUT2D eigenvalue weighted by molar-refractivity contribution is 7.92. The molecular weight excluding hydrogens is 460 g/mol. The van der Waals surface area contributed by atoms with Crippen molar-refractivity contribution in [1.29, 1.82) is 0 Å². The van der Waals surface area contributed by atoms with Gasteiger partial charge in [0.15, 0.2) is 5.78 Å². The first-order valence-electron chi connectivity index (χ1n) is 9.64. The van der Waals surface area contributed by atoms with Gasteiger partial charge in [0.1, 0.15) is 5.82 Å². The van der Waals surface area contributed by atoms with Gasteiger partial charge in [-0.05, 0) is 72.5 Å². The lowest BCUT2D eigenvalue weighted by molar-refractivity contribution is 0.0993. The smallest absolute Gasteiger partial charge is 0.264 e. The van der Waals surface area contributed by atoms with Gasteiger partial charge in [-0.2, -0.15) is 0 Å². The molecule has 1 aliphatic rings. The highest BCUT2D eigenvalue weighted by Crippen LogP contribution is 2.33. The fourth-order valence-electron chi connectivity index (χ4n) is 3.64. The maximum absolute atomic E-state index is 13.3. The fourth-order valence-corrected chi connectivity index (χ4v) is 5.47. The van der Waals surface area contributed by atoms with E-state index in [1.807, 2.05) is 12.1 Å². The molecule has 0 fully saturated rings. The van der Waals surface area contributed by atoms with Gasteiger partial charge in [0.25, 0.3) is 10.0 Å². The summed E-state index contributed by atoms with van der Waals surface area (Å²) in [6.07, 6.45) is 1.51. The summed E-state index contributed by atoms with van der Waals surface area (Å²) in [6, 6.07) is 14.9. The Labute approximate surface area is 190 Å². The van der Waals surface area contributed by atoms with Gasteiger partial charge in [0, 0.05) is 18.5 Å². The fraction of sp³-hybridized carbons (Fsp3) is 0.174. The van der Waals surface area contributed by atoms with Gasteiger partial charge in [0.05, 0.1) is 20.6 Å². The Hall–Kier alpha value is -2.41. The molecule has 8 heteroatoms. The van der Waals surface area contributed by atoms with Crippen LogP contribution in [0.15, 0.2) is 65.6 Å². The van der Waals surface area contributed by atoms with E-state index in [0.29, 0.717) is 39.8 Å². The van der Waals surface area contributed by atoms with E-state index in [1.165, 1.54) is 22.5 Å². The summed E-state index contributed by atoms with van der Waals surface area (Å²) in [5.41, 5.74) is 2.57. The van der Waals surface area contributed by atoms with Crippen LogP contribution in [0.1, 0.15) is 27.9 Å². The van der Waals surface area contributed by atoms with Crippen LogP contribution in [0.2, 0.25) is 10.0 Å². The summed E-state index contributed by atoms with van der Waals surface area (Å²) in [7, 11) is -3.85. The van der Waals surface area contributed by atoms with Crippen LogP contribution in [0.3, 0.4) is 0 Å². The number of fused-ring (bicyclic) bond motifs is 1. The Morgan fingerprint density at radius 2 is 1.71 bits per heavy atom. The predicted octanol–water partition coefficient (Wildman–Crippen LogP) is 5.70. The molecule has 3 aromatic rings. The molecule has 1 aliphatic heterocycles. The van der Waals surface area contributed by atoms with Gasteiger partial charge in [-0.15, -0.1) is 0 Å². The first-order valence-corrected chi connectivity index (χ1v) is 11.8. The van der Waals surface area contributed by atoms with Crippen LogP contribution in [-0.4, -0.2) is 20.7 Å². The SMILES string of the molecule is O=C(Cc1ccc2c(c1)N(S(=O)(=O)c1ccc(F)cc1)CCC2)c1ccc(Cl)c(Cl)c1. The molecule has 4 rings (SSSR count). The first-order chi connectivity index (χ1) is 14.8. The third kappa shape index (κ3) is 4.47. The number of hydrogen-bond acceptors (Lipinski definition) is 3. The molecule has 0 aromatic heterocycles. The molecule has 4 nitrogen and oxygen atoms in total. The number of ketones is 1. The lowest BCUT2D eigenvalue weighted by Crippen LogP contribution is -2.35. The van der Waals surface area contributed by atoms with Crippen molar-refractivity contribution < 1.29 is 17.6 Å². The number of carbonyl (C=O) groups is 1. The Kier molecular flexibility index (Phi) is 6.06. The number of halogens is 3. The van der Waals surface area contributed by atoms with E-state index in [1.54, 1.807) is 18.2 Å². The van der Waals surface area contributed by atoms with Crippen molar-refractivity contribution in [2.75, 3.05) is 10.8 Å². The van der Waals surface area contributed by atoms with Crippen molar-refractivity contribution in [3.05, 3.63) is 93.2 Å². The molecule has 0 unspecified atom stereocenters. The number of hydrogen-bond donors (Lipinski definition) is 0. The summed E-state index contributed by atoms with van der Waals surface area (Å²) in [4.78, 5) is 12.7. The standard InChI is InChI=1S/C23H18Cl2FNO3S/c24-20-10-5-17(14-21(20)25)23(28)13-15-3-4-16-2-1-11-27(22(16)12-15)31(29,30)19-8-6-18(26)7-9-19/h3-10,12,14H,1-2,11,13H2. The van der Waals surface area contributed by atoms with E-state index >= 15 is 0 Å². The molecule has 0 N–H and O–H groups in total. The Morgan fingerprint density at radius 3 is 2.42 bits per heavy atom. The molecule has 0 saturated heterocycles. The van der Waals surface area contributed by atoms with Crippen LogP contribution >= 0.6 is 23.2 Å². The number of anilines is 1. The molecular formula is C23H18Cl2FNO3S. The third-order valence-corrected chi connectivity index (χ3v) is 7.80. The van der Waals surface area contributed by atoms with Crippen LogP contribution in [-0.2, 0) is 22.9 Å². The van der Waals surface area contributed by atoms with E-state index in [-0.39, 0.29) is 17.1 Å². The molecule has 0 aliphatic carbocycles. The normalized spacial score (nSPS) is 13.7. The molecule has 160 valence electrons. The summed E-state index contributed by atoms with van der Waals surface area (Å²) in [6.45, 7) is 0.316. The quantitative estimate of drug-likeness (QED) is 0.442. The van der Waals surface area contributed by atoms with Crippen LogP contribution in [0.25, 0.3) is 0 Å². The second-order valence-electron chi connectivity index (χ2n) is 7.33. The predicted molar refractivity (Wildman–Crippen MR) is 120 cm³/mol. The summed E-state index contributed by atoms with van der Waals surface area (Å²) < 4.78 is 41.0. The van der Waals surface area contributed by atoms with Gasteiger partial charge in [-0.3, -0.25) is 9.10 Å². The van der Waals surface area contributed by atoms with Crippen LogP contribution in [0.4, 0.5) is 10.1 Å². The minimum atomic E-state index is -3.85. The zero-order valence-corrected chi connectivity index (χ0v) is 18.6. The molecule has 0 spiro atoms. The van der Waals surface area contributed by atoms with E-state index in [9.17, 15) is 17.6 Å². The number of sulfonamides is 1. The minimum absolute atomic E-state index is 0.0269. The van der Waals surface area contributed by atoms with E-state index < -0.39 is 15.8 Å². The molecule has 0 radical (unpaired) electrons. The van der Waals surface area contributed by atoms with Gasteiger partial charge in [-0.1, -0.05) is 35.3 Å². The zero-order valence-electron chi connectivity index (χ0n) is 16.3. The molecule has 1 heterocycles. The van der Waals surface area contributed by atoms with E-state index in [0.717, 1.165) is 24.1 Å². The number of benzene rings is 3. The lowest BCUT2D eigenvalue weighted by atomic mass is 9.97. The number of aryl methyl sites for hydroxylation is 1. The van der Waals surface area contributed by atoms with Gasteiger partial charge >= 0.3 is 0 Å². The topological polar surface area (TPSA) is 54.5 Å². The number of nitrogens with zero attached hydrogens (tertiary/aromatic N) is 1. The summed E-state index contributed by atoms with van der Waals surface area (Å²) in [5, 5.41) is 0.670. The highest BCUT2D eigenvalue weighted by atomic mass is 35.5. The maximum Gasteiger partial charge on any atom is 0.264 e. The van der Waals surface area contributed by atoms with Crippen molar-refractivity contribution in [3.8, 4) is 0 Å². The monoisotopic (exact) mass is 477 g/mol. The molecule has 0 bridgehead atoms. The number of carbonyl (C=O) groups excluding carboxylic acids is 1. The van der Waals surface area contributed by atoms with E-state index in [4.69, 9.17) is 23.2 Å². The molecule has 0 atom stereocenters. The largest absolute Gasteiger partial charge is 0.294 e. The molecule has 3 aromatic carbocycles.